The molecule has 0 radical (unpaired) electrons. The van der Waals surface area contributed by atoms with Crippen LogP contribution in [0.25, 0.3) is 11.1 Å². The summed E-state index contributed by atoms with van der Waals surface area (Å²) in [4.78, 5) is 19.6. The maximum absolute atomic E-state index is 12.5. The molecule has 0 amide bonds. The minimum Gasteiger partial charge on any atom is -0.485 e. The van der Waals surface area contributed by atoms with Crippen molar-refractivity contribution >= 4 is 5.97 Å². The molecule has 1 unspecified atom stereocenters. The normalized spacial score (nSPS) is 22.3. The number of ether oxygens (including phenoxy) is 3. The van der Waals surface area contributed by atoms with Gasteiger partial charge in [0, 0.05) is 24.3 Å². The third-order valence-corrected chi connectivity index (χ3v) is 10.6. The van der Waals surface area contributed by atoms with E-state index in [0.29, 0.717) is 17.3 Å². The summed E-state index contributed by atoms with van der Waals surface area (Å²) in [7, 11) is 3.16. The number of carbonyl (C=O) groups excluding carboxylic acids is 1. The summed E-state index contributed by atoms with van der Waals surface area (Å²) in [5, 5.41) is 0. The van der Waals surface area contributed by atoms with Gasteiger partial charge in [-0.25, -0.2) is 4.98 Å². The predicted molar refractivity (Wildman–Crippen MR) is 167 cm³/mol. The average molecular weight is 581 g/mol. The van der Waals surface area contributed by atoms with E-state index >= 15 is 0 Å². The highest BCUT2D eigenvalue weighted by Gasteiger charge is 2.48. The van der Waals surface area contributed by atoms with Gasteiger partial charge in [0.05, 0.1) is 20.1 Å². The topological polar surface area (TPSA) is 60.9 Å². The molecular formula is C37H44N2O4. The van der Waals surface area contributed by atoms with E-state index in [9.17, 15) is 4.79 Å². The molecule has 2 aliphatic heterocycles. The molecule has 2 saturated carbocycles. The molecule has 6 heteroatoms. The minimum atomic E-state index is -0.165. The van der Waals surface area contributed by atoms with Gasteiger partial charge in [-0.05, 0) is 115 Å². The second kappa shape index (κ2) is 11.6. The number of likely N-dealkylation sites (tertiary alicyclic amines) is 1. The van der Waals surface area contributed by atoms with Gasteiger partial charge in [-0.2, -0.15) is 0 Å². The minimum absolute atomic E-state index is 0.00354. The molecule has 4 aliphatic rings. The predicted octanol–water partition coefficient (Wildman–Crippen LogP) is 7.64. The number of aromatic nitrogens is 1. The smallest absolute Gasteiger partial charge is 0.309 e. The highest BCUT2D eigenvalue weighted by molar-refractivity contribution is 5.73. The quantitative estimate of drug-likeness (QED) is 0.242. The third-order valence-electron chi connectivity index (χ3n) is 10.6. The second-order valence-electron chi connectivity index (χ2n) is 13.3. The zero-order valence-corrected chi connectivity index (χ0v) is 25.8. The number of hydrogen-bond donors (Lipinski definition) is 0. The average Bonchev–Trinajstić information content (AvgIpc) is 3.99. The Labute approximate surface area is 255 Å². The molecule has 3 fully saturated rings. The summed E-state index contributed by atoms with van der Waals surface area (Å²) in [5.74, 6) is 2.02. The van der Waals surface area contributed by atoms with Crippen molar-refractivity contribution in [3.05, 3.63) is 77.0 Å². The first-order valence-corrected chi connectivity index (χ1v) is 16.2. The van der Waals surface area contributed by atoms with Crippen LogP contribution in [0.4, 0.5) is 0 Å². The van der Waals surface area contributed by atoms with Crippen molar-refractivity contribution in [2.45, 2.75) is 88.8 Å². The zero-order valence-electron chi connectivity index (χ0n) is 25.8. The molecule has 1 spiro atoms. The SMILES string of the molecule is COC(=O)[C@@H](C)[C@H](c1ccc2c(c1)OC(c1ccc(-c3ccnc(OC)c3)c(CN3CCCCC34CC4)c1)CC2)C1CC1. The number of piperidine rings is 1. The van der Waals surface area contributed by atoms with Crippen LogP contribution < -0.4 is 9.47 Å². The van der Waals surface area contributed by atoms with E-state index in [2.05, 4.69) is 52.3 Å². The van der Waals surface area contributed by atoms with E-state index in [-0.39, 0.29) is 23.9 Å². The molecule has 7 rings (SSSR count). The Bertz CT molecular complexity index is 1490. The zero-order chi connectivity index (χ0) is 29.6. The van der Waals surface area contributed by atoms with Crippen molar-refractivity contribution in [1.29, 1.82) is 0 Å². The largest absolute Gasteiger partial charge is 0.485 e. The molecule has 2 aliphatic carbocycles. The first kappa shape index (κ1) is 28.4. The fraction of sp³-hybridized carbons (Fsp3) is 0.514. The molecule has 43 heavy (non-hydrogen) atoms. The van der Waals surface area contributed by atoms with Crippen LogP contribution in [-0.4, -0.2) is 42.2 Å². The van der Waals surface area contributed by atoms with Gasteiger partial charge in [0.25, 0.3) is 0 Å². The van der Waals surface area contributed by atoms with Gasteiger partial charge in [0.1, 0.15) is 11.9 Å². The Morgan fingerprint density at radius 1 is 1.05 bits per heavy atom. The number of carbonyl (C=O) groups is 1. The number of benzene rings is 2. The Kier molecular flexibility index (Phi) is 7.66. The molecule has 2 aromatic carbocycles. The summed E-state index contributed by atoms with van der Waals surface area (Å²) >= 11 is 0. The number of hydrogen-bond acceptors (Lipinski definition) is 6. The van der Waals surface area contributed by atoms with E-state index in [1.165, 1.54) is 86.4 Å². The molecule has 226 valence electrons. The van der Waals surface area contributed by atoms with Crippen molar-refractivity contribution in [3.63, 3.8) is 0 Å². The van der Waals surface area contributed by atoms with Gasteiger partial charge in [-0.1, -0.05) is 43.7 Å². The van der Waals surface area contributed by atoms with E-state index in [0.717, 1.165) is 30.7 Å². The summed E-state index contributed by atoms with van der Waals surface area (Å²) in [5.41, 5.74) is 7.83. The maximum atomic E-state index is 12.5. The van der Waals surface area contributed by atoms with Crippen LogP contribution in [0, 0.1) is 11.8 Å². The number of pyridine rings is 1. The van der Waals surface area contributed by atoms with Crippen molar-refractivity contribution in [2.75, 3.05) is 20.8 Å². The standard InChI is InChI=1S/C37H44N2O4/c1-24(36(40)42-3)35(26-7-8-26)29-9-6-25-11-13-32(43-33(25)21-29)28-10-12-31(27-14-18-38-34(22-27)41-2)30(20-28)23-39-19-5-4-15-37(39)16-17-37/h6,9-10,12,14,18,20-22,24,26,32,35H,4-5,7-8,11,13,15-17,19,23H2,1-3H3/t24-,32?,35-/m0/s1. The van der Waals surface area contributed by atoms with Crippen molar-refractivity contribution in [1.82, 2.24) is 9.88 Å². The van der Waals surface area contributed by atoms with Crippen molar-refractivity contribution < 1.29 is 19.0 Å². The molecule has 1 aromatic heterocycles. The van der Waals surface area contributed by atoms with E-state index in [1.54, 1.807) is 7.11 Å². The lowest BCUT2D eigenvalue weighted by molar-refractivity contribution is -0.145. The number of esters is 1. The Hall–Kier alpha value is -3.38. The summed E-state index contributed by atoms with van der Waals surface area (Å²) in [6.07, 6.45) is 12.7. The number of fused-ring (bicyclic) bond motifs is 1. The van der Waals surface area contributed by atoms with Gasteiger partial charge in [0.2, 0.25) is 5.88 Å². The summed E-state index contributed by atoms with van der Waals surface area (Å²) in [6.45, 7) is 4.13. The molecule has 0 bridgehead atoms. The fourth-order valence-electron chi connectivity index (χ4n) is 7.81. The van der Waals surface area contributed by atoms with Gasteiger partial charge in [-0.15, -0.1) is 0 Å². The highest BCUT2D eigenvalue weighted by Crippen LogP contribution is 2.50. The van der Waals surface area contributed by atoms with Crippen molar-refractivity contribution in [2.24, 2.45) is 11.8 Å². The Morgan fingerprint density at radius 3 is 2.67 bits per heavy atom. The van der Waals surface area contributed by atoms with Crippen molar-refractivity contribution in [3.8, 4) is 22.8 Å². The highest BCUT2D eigenvalue weighted by atomic mass is 16.5. The van der Waals surface area contributed by atoms with Crippen LogP contribution in [0.5, 0.6) is 11.6 Å². The third kappa shape index (κ3) is 5.66. The fourth-order valence-corrected chi connectivity index (χ4v) is 7.81. The van der Waals surface area contributed by atoms with Crippen LogP contribution in [0.2, 0.25) is 0 Å². The Morgan fingerprint density at radius 2 is 1.91 bits per heavy atom. The van der Waals surface area contributed by atoms with Gasteiger partial charge in [-0.3, -0.25) is 9.69 Å². The molecule has 3 aromatic rings. The Balaban J connectivity index is 1.19. The second-order valence-corrected chi connectivity index (χ2v) is 13.3. The van der Waals surface area contributed by atoms with E-state index < -0.39 is 0 Å². The lowest BCUT2D eigenvalue weighted by Gasteiger charge is -2.37. The number of methoxy groups -OCH3 is 2. The maximum Gasteiger partial charge on any atom is 0.309 e. The summed E-state index contributed by atoms with van der Waals surface area (Å²) in [6, 6.07) is 17.7. The monoisotopic (exact) mass is 580 g/mol. The molecule has 1 saturated heterocycles. The van der Waals surface area contributed by atoms with Gasteiger partial charge in [0.15, 0.2) is 0 Å². The molecule has 0 N–H and O–H groups in total. The number of aryl methyl sites for hydroxylation is 1. The molecule has 3 heterocycles. The lowest BCUT2D eigenvalue weighted by Crippen LogP contribution is -2.40. The summed E-state index contributed by atoms with van der Waals surface area (Å²) < 4.78 is 17.4. The van der Waals surface area contributed by atoms with Crippen LogP contribution in [-0.2, 0) is 22.5 Å². The first-order chi connectivity index (χ1) is 21.0. The molecular weight excluding hydrogens is 536 g/mol. The van der Waals surface area contributed by atoms with Crippen LogP contribution in [0.15, 0.2) is 54.7 Å². The lowest BCUT2D eigenvalue weighted by atomic mass is 9.82. The molecule has 3 atom stereocenters. The number of rotatable bonds is 9. The first-order valence-electron chi connectivity index (χ1n) is 16.2. The van der Waals surface area contributed by atoms with Gasteiger partial charge >= 0.3 is 5.97 Å². The van der Waals surface area contributed by atoms with E-state index in [1.807, 2.05) is 19.2 Å². The van der Waals surface area contributed by atoms with Crippen LogP contribution in [0.3, 0.4) is 0 Å². The number of nitrogens with zero attached hydrogens (tertiary/aromatic N) is 2. The van der Waals surface area contributed by atoms with Crippen LogP contribution in [0.1, 0.15) is 92.6 Å². The van der Waals surface area contributed by atoms with Crippen LogP contribution >= 0.6 is 0 Å². The van der Waals surface area contributed by atoms with Gasteiger partial charge < -0.3 is 14.2 Å². The van der Waals surface area contributed by atoms with E-state index in [4.69, 9.17) is 14.2 Å². The molecule has 6 nitrogen and oxygen atoms in total.